The van der Waals surface area contributed by atoms with E-state index < -0.39 is 5.41 Å². The van der Waals surface area contributed by atoms with Crippen molar-refractivity contribution in [2.75, 3.05) is 4.90 Å². The first kappa shape index (κ1) is 34.8. The maximum Gasteiger partial charge on any atom is 0.0726 e. The second-order valence-corrected chi connectivity index (χ2v) is 17.9. The molecule has 58 heavy (non-hydrogen) atoms. The van der Waals surface area contributed by atoms with Crippen LogP contribution in [0.4, 0.5) is 17.1 Å². The van der Waals surface area contributed by atoms with Crippen LogP contribution in [0.1, 0.15) is 73.9 Å². The zero-order valence-corrected chi connectivity index (χ0v) is 33.8. The van der Waals surface area contributed by atoms with Crippen molar-refractivity contribution in [3.63, 3.8) is 0 Å². The molecule has 0 amide bonds. The first-order valence-electron chi connectivity index (χ1n) is 20.9. The molecule has 3 aliphatic rings. The lowest BCUT2D eigenvalue weighted by atomic mass is 9.63. The molecule has 0 saturated heterocycles. The number of fused-ring (bicyclic) bond motifs is 11. The molecule has 11 rings (SSSR count). The van der Waals surface area contributed by atoms with Crippen LogP contribution in [0.2, 0.25) is 0 Å². The minimum Gasteiger partial charge on any atom is -0.309 e. The number of hydrogen-bond acceptors (Lipinski definition) is 1. The molecule has 3 aliphatic carbocycles. The van der Waals surface area contributed by atoms with Gasteiger partial charge in [-0.05, 0) is 121 Å². The molecule has 280 valence electrons. The monoisotopic (exact) mass is 745 g/mol. The van der Waals surface area contributed by atoms with Gasteiger partial charge in [0.1, 0.15) is 0 Å². The zero-order chi connectivity index (χ0) is 39.2. The van der Waals surface area contributed by atoms with E-state index in [-0.39, 0.29) is 10.8 Å². The molecule has 8 aromatic carbocycles. The van der Waals surface area contributed by atoms with E-state index in [4.69, 9.17) is 0 Å². The Kier molecular flexibility index (Phi) is 7.67. The number of nitrogens with zero attached hydrogens (tertiary/aromatic N) is 1. The van der Waals surface area contributed by atoms with E-state index in [1.54, 1.807) is 0 Å². The second-order valence-electron chi connectivity index (χ2n) is 17.9. The lowest BCUT2D eigenvalue weighted by Gasteiger charge is -2.42. The van der Waals surface area contributed by atoms with Gasteiger partial charge < -0.3 is 4.90 Å². The molecule has 1 nitrogen and oxygen atoms in total. The summed E-state index contributed by atoms with van der Waals surface area (Å²) in [4.78, 5) is 2.54. The van der Waals surface area contributed by atoms with Crippen LogP contribution in [0.3, 0.4) is 0 Å². The summed E-state index contributed by atoms with van der Waals surface area (Å²) in [7, 11) is 0. The first-order valence-corrected chi connectivity index (χ1v) is 20.9. The fraction of sp³-hybridized carbons (Fsp3) is 0.158. The number of anilines is 3. The number of hydrogen-bond donors (Lipinski definition) is 0. The number of para-hydroxylation sites is 2. The topological polar surface area (TPSA) is 3.24 Å². The third-order valence-electron chi connectivity index (χ3n) is 13.8. The van der Waals surface area contributed by atoms with Crippen molar-refractivity contribution in [2.45, 2.75) is 56.8 Å². The van der Waals surface area contributed by atoms with Crippen molar-refractivity contribution >= 4 is 17.1 Å². The third-order valence-corrected chi connectivity index (χ3v) is 13.8. The summed E-state index contributed by atoms with van der Waals surface area (Å²) in [6, 6.07) is 70.8. The van der Waals surface area contributed by atoms with Gasteiger partial charge in [-0.15, -0.1) is 0 Å². The number of benzene rings is 8. The predicted molar refractivity (Wildman–Crippen MR) is 244 cm³/mol. The Labute approximate surface area is 343 Å². The van der Waals surface area contributed by atoms with E-state index in [1.807, 2.05) is 0 Å². The predicted octanol–water partition coefficient (Wildman–Crippen LogP) is 15.2. The maximum atomic E-state index is 2.58. The van der Waals surface area contributed by atoms with Crippen LogP contribution in [0.25, 0.3) is 44.5 Å². The largest absolute Gasteiger partial charge is 0.309 e. The minimum absolute atomic E-state index is 0.0741. The van der Waals surface area contributed by atoms with Gasteiger partial charge in [0.15, 0.2) is 0 Å². The SMILES string of the molecule is CC1(C)CCC(C)(C)c2cc(-c3cc4c(cc3N(c3ccccc3)c3ccccc3-c3ccccc3)C3(c5ccccc5-c5ccccc53)c3ccccc3-4)ccc21. The quantitative estimate of drug-likeness (QED) is 0.170. The smallest absolute Gasteiger partial charge is 0.0726 e. The van der Waals surface area contributed by atoms with Crippen LogP contribution in [-0.4, -0.2) is 0 Å². The molecule has 0 radical (unpaired) electrons. The molecule has 0 bridgehead atoms. The van der Waals surface area contributed by atoms with E-state index in [0.29, 0.717) is 0 Å². The van der Waals surface area contributed by atoms with E-state index in [1.165, 1.54) is 96.4 Å². The summed E-state index contributed by atoms with van der Waals surface area (Å²) < 4.78 is 0. The van der Waals surface area contributed by atoms with Gasteiger partial charge in [-0.1, -0.05) is 185 Å². The zero-order valence-electron chi connectivity index (χ0n) is 33.8. The van der Waals surface area contributed by atoms with Gasteiger partial charge in [-0.2, -0.15) is 0 Å². The van der Waals surface area contributed by atoms with Gasteiger partial charge in [0.25, 0.3) is 0 Å². The highest BCUT2D eigenvalue weighted by Gasteiger charge is 2.52. The Hall–Kier alpha value is -6.44. The highest BCUT2D eigenvalue weighted by Crippen LogP contribution is 2.64. The molecule has 0 unspecified atom stereocenters. The molecule has 0 fully saturated rings. The van der Waals surface area contributed by atoms with Gasteiger partial charge in [0.2, 0.25) is 0 Å². The molecule has 0 aromatic heterocycles. The third kappa shape index (κ3) is 4.96. The molecule has 0 heterocycles. The van der Waals surface area contributed by atoms with Gasteiger partial charge in [0, 0.05) is 16.8 Å². The summed E-state index contributed by atoms with van der Waals surface area (Å²) in [6.07, 6.45) is 2.36. The Balaban J connectivity index is 1.28. The van der Waals surface area contributed by atoms with Crippen molar-refractivity contribution < 1.29 is 0 Å². The molecular weight excluding hydrogens is 699 g/mol. The molecule has 0 atom stereocenters. The second kappa shape index (κ2) is 12.8. The van der Waals surface area contributed by atoms with E-state index in [0.717, 1.165) is 11.4 Å². The van der Waals surface area contributed by atoms with Crippen molar-refractivity contribution in [2.24, 2.45) is 0 Å². The summed E-state index contributed by atoms with van der Waals surface area (Å²) in [6.45, 7) is 9.73. The Morgan fingerprint density at radius 1 is 0.328 bits per heavy atom. The van der Waals surface area contributed by atoms with Crippen molar-refractivity contribution in [1.82, 2.24) is 0 Å². The fourth-order valence-electron chi connectivity index (χ4n) is 10.8. The van der Waals surface area contributed by atoms with Gasteiger partial charge in [0.05, 0.1) is 16.8 Å². The normalized spacial score (nSPS) is 15.9. The Bertz CT molecular complexity index is 2850. The summed E-state index contributed by atoms with van der Waals surface area (Å²) in [5, 5.41) is 0. The molecule has 0 aliphatic heterocycles. The average Bonchev–Trinajstić information content (AvgIpc) is 3.73. The number of rotatable bonds is 5. The maximum absolute atomic E-state index is 2.58. The van der Waals surface area contributed by atoms with Crippen LogP contribution in [0.5, 0.6) is 0 Å². The van der Waals surface area contributed by atoms with E-state index >= 15 is 0 Å². The van der Waals surface area contributed by atoms with Crippen molar-refractivity contribution in [3.8, 4) is 44.5 Å². The van der Waals surface area contributed by atoms with Crippen molar-refractivity contribution in [3.05, 3.63) is 221 Å². The van der Waals surface area contributed by atoms with E-state index in [2.05, 4.69) is 221 Å². The first-order chi connectivity index (χ1) is 28.3. The highest BCUT2D eigenvalue weighted by molar-refractivity contribution is 6.01. The standard InChI is InChI=1S/C57H47N/c1-55(2)33-34-56(3,4)52-35-39(31-32-50(52)55)45-36-46-44-26-13-17-29-49(44)57(47-27-15-11-24-42(47)43-25-12-16-28-48(43)57)51(46)37-54(45)58(40-21-9-6-10-22-40)53-30-18-14-23-41(53)38-19-7-5-8-20-38/h5-32,35-37H,33-34H2,1-4H3. The van der Waals surface area contributed by atoms with Crippen molar-refractivity contribution in [1.29, 1.82) is 0 Å². The molecule has 1 spiro atoms. The minimum atomic E-state index is -0.463. The Morgan fingerprint density at radius 3 is 1.45 bits per heavy atom. The van der Waals surface area contributed by atoms with Crippen LogP contribution >= 0.6 is 0 Å². The molecule has 1 heteroatoms. The molecular formula is C57H47N. The van der Waals surface area contributed by atoms with Gasteiger partial charge in [-0.3, -0.25) is 0 Å². The molecule has 0 N–H and O–H groups in total. The Morgan fingerprint density at radius 2 is 0.828 bits per heavy atom. The lowest BCUT2D eigenvalue weighted by Crippen LogP contribution is -2.33. The summed E-state index contributed by atoms with van der Waals surface area (Å²) in [5.41, 5.74) is 21.7. The van der Waals surface area contributed by atoms with Gasteiger partial charge >= 0.3 is 0 Å². The fourth-order valence-corrected chi connectivity index (χ4v) is 10.8. The lowest BCUT2D eigenvalue weighted by molar-refractivity contribution is 0.332. The van der Waals surface area contributed by atoms with Crippen LogP contribution in [0, 0.1) is 0 Å². The van der Waals surface area contributed by atoms with E-state index in [9.17, 15) is 0 Å². The summed E-state index contributed by atoms with van der Waals surface area (Å²) in [5.74, 6) is 0. The highest BCUT2D eigenvalue weighted by atomic mass is 15.1. The summed E-state index contributed by atoms with van der Waals surface area (Å²) >= 11 is 0. The van der Waals surface area contributed by atoms with Crippen LogP contribution in [0.15, 0.2) is 188 Å². The van der Waals surface area contributed by atoms with Crippen LogP contribution in [-0.2, 0) is 16.2 Å². The molecule has 8 aromatic rings. The van der Waals surface area contributed by atoms with Gasteiger partial charge in [-0.25, -0.2) is 0 Å². The molecule has 0 saturated carbocycles. The average molecular weight is 746 g/mol. The van der Waals surface area contributed by atoms with Crippen LogP contribution < -0.4 is 4.90 Å².